The van der Waals surface area contributed by atoms with Gasteiger partial charge in [-0.25, -0.2) is 4.98 Å². The Morgan fingerprint density at radius 2 is 1.96 bits per heavy atom. The zero-order valence-electron chi connectivity index (χ0n) is 16.3. The van der Waals surface area contributed by atoms with Gasteiger partial charge in [0.15, 0.2) is 5.78 Å². The minimum Gasteiger partial charge on any atom is -0.292 e. The fraction of sp³-hybridized carbons (Fsp3) is 0.409. The maximum atomic E-state index is 13.1. The van der Waals surface area contributed by atoms with Crippen LogP contribution in [0.5, 0.6) is 0 Å². The van der Waals surface area contributed by atoms with E-state index in [1.807, 2.05) is 32.9 Å². The van der Waals surface area contributed by atoms with Gasteiger partial charge in [-0.3, -0.25) is 14.2 Å². The summed E-state index contributed by atoms with van der Waals surface area (Å²) in [6.07, 6.45) is 4.59. The molecule has 2 aromatic heterocycles. The highest BCUT2D eigenvalue weighted by Crippen LogP contribution is 2.35. The smallest absolute Gasteiger partial charge is 0.262 e. The van der Waals surface area contributed by atoms with Crippen LogP contribution in [-0.4, -0.2) is 15.3 Å². The Morgan fingerprint density at radius 3 is 2.74 bits per heavy atom. The summed E-state index contributed by atoms with van der Waals surface area (Å²) in [5.74, 6) is 0.610. The molecule has 1 aromatic carbocycles. The number of carbonyl (C=O) groups is 1. The van der Waals surface area contributed by atoms with Crippen molar-refractivity contribution in [2.45, 2.75) is 53.5 Å². The highest BCUT2D eigenvalue weighted by molar-refractivity contribution is 7.18. The average molecular weight is 381 g/mol. The number of hydrogen-bond donors (Lipinski definition) is 0. The third-order valence-corrected chi connectivity index (χ3v) is 6.90. The topological polar surface area (TPSA) is 52.0 Å². The van der Waals surface area contributed by atoms with Crippen LogP contribution in [0, 0.1) is 26.7 Å². The van der Waals surface area contributed by atoms with Gasteiger partial charge < -0.3 is 0 Å². The number of thiophene rings is 1. The zero-order valence-corrected chi connectivity index (χ0v) is 17.1. The molecular weight excluding hydrogens is 356 g/mol. The average Bonchev–Trinajstić information content (AvgIpc) is 2.98. The first-order chi connectivity index (χ1) is 12.8. The highest BCUT2D eigenvalue weighted by atomic mass is 32.1. The summed E-state index contributed by atoms with van der Waals surface area (Å²) in [5, 5.41) is 0.731. The van der Waals surface area contributed by atoms with Crippen LogP contribution < -0.4 is 5.56 Å². The van der Waals surface area contributed by atoms with Gasteiger partial charge in [0.2, 0.25) is 0 Å². The van der Waals surface area contributed by atoms with E-state index in [9.17, 15) is 9.59 Å². The molecule has 0 spiro atoms. The Balaban J connectivity index is 1.73. The molecule has 5 heteroatoms. The highest BCUT2D eigenvalue weighted by Gasteiger charge is 2.23. The van der Waals surface area contributed by atoms with Crippen molar-refractivity contribution in [1.82, 2.24) is 9.55 Å². The van der Waals surface area contributed by atoms with Crippen LogP contribution in [0.2, 0.25) is 0 Å². The van der Waals surface area contributed by atoms with Gasteiger partial charge in [-0.15, -0.1) is 11.3 Å². The van der Waals surface area contributed by atoms with Gasteiger partial charge in [0, 0.05) is 10.4 Å². The molecule has 0 N–H and O–H groups in total. The number of Topliss-reactive ketones (excluding diaryl/α,β-unsaturated/α-hetero) is 1. The number of benzene rings is 1. The molecular formula is C22H24N2O2S. The van der Waals surface area contributed by atoms with E-state index in [0.717, 1.165) is 46.2 Å². The van der Waals surface area contributed by atoms with Crippen molar-refractivity contribution in [2.24, 2.45) is 5.92 Å². The standard InChI is InChI=1S/C22H24N2O2S/c1-12-5-6-16-19(7-12)27-21-20(16)22(26)24(11-23-21)10-18(25)17-9-14(3)13(2)8-15(17)4/h8-9,11-12H,5-7,10H2,1-4H3. The van der Waals surface area contributed by atoms with Crippen molar-refractivity contribution in [3.8, 4) is 0 Å². The van der Waals surface area contributed by atoms with Crippen molar-refractivity contribution in [2.75, 3.05) is 0 Å². The molecule has 2 heterocycles. The summed E-state index contributed by atoms with van der Waals surface area (Å²) in [6.45, 7) is 8.28. The molecule has 0 bridgehead atoms. The molecule has 0 saturated carbocycles. The summed E-state index contributed by atoms with van der Waals surface area (Å²) in [6, 6.07) is 3.96. The number of hydrogen-bond acceptors (Lipinski definition) is 4. The molecule has 1 unspecified atom stereocenters. The quantitative estimate of drug-likeness (QED) is 0.633. The normalized spacial score (nSPS) is 16.5. The van der Waals surface area contributed by atoms with Crippen molar-refractivity contribution in [1.29, 1.82) is 0 Å². The van der Waals surface area contributed by atoms with Crippen LogP contribution in [0.4, 0.5) is 0 Å². The van der Waals surface area contributed by atoms with Gasteiger partial charge in [-0.2, -0.15) is 0 Å². The lowest BCUT2D eigenvalue weighted by atomic mass is 9.89. The largest absolute Gasteiger partial charge is 0.292 e. The third kappa shape index (κ3) is 3.14. The second kappa shape index (κ2) is 6.71. The van der Waals surface area contributed by atoms with Crippen molar-refractivity contribution in [3.05, 3.63) is 61.5 Å². The van der Waals surface area contributed by atoms with Crippen LogP contribution in [-0.2, 0) is 19.4 Å². The molecule has 1 atom stereocenters. The van der Waals surface area contributed by atoms with E-state index in [1.165, 1.54) is 21.3 Å². The number of ketones is 1. The van der Waals surface area contributed by atoms with E-state index in [0.29, 0.717) is 11.5 Å². The van der Waals surface area contributed by atoms with Gasteiger partial charge in [-0.1, -0.05) is 13.0 Å². The maximum Gasteiger partial charge on any atom is 0.262 e. The number of aryl methyl sites for hydroxylation is 4. The van der Waals surface area contributed by atoms with Crippen molar-refractivity contribution >= 4 is 27.3 Å². The van der Waals surface area contributed by atoms with Crippen LogP contribution in [0.3, 0.4) is 0 Å². The lowest BCUT2D eigenvalue weighted by Gasteiger charge is -2.17. The molecule has 0 aliphatic heterocycles. The first-order valence-corrected chi connectivity index (χ1v) is 10.3. The van der Waals surface area contributed by atoms with Crippen LogP contribution in [0.25, 0.3) is 10.2 Å². The molecule has 3 aromatic rings. The minimum atomic E-state index is -0.0816. The number of carbonyl (C=O) groups excluding carboxylic acids is 1. The molecule has 27 heavy (non-hydrogen) atoms. The monoisotopic (exact) mass is 380 g/mol. The fourth-order valence-corrected chi connectivity index (χ4v) is 5.32. The van der Waals surface area contributed by atoms with Gasteiger partial charge in [0.1, 0.15) is 4.83 Å². The van der Waals surface area contributed by atoms with Crippen LogP contribution in [0.15, 0.2) is 23.3 Å². The van der Waals surface area contributed by atoms with E-state index in [1.54, 1.807) is 11.3 Å². The molecule has 4 nitrogen and oxygen atoms in total. The van der Waals surface area contributed by atoms with Gasteiger partial charge >= 0.3 is 0 Å². The van der Waals surface area contributed by atoms with E-state index in [2.05, 4.69) is 11.9 Å². The number of rotatable bonds is 3. The summed E-state index contributed by atoms with van der Waals surface area (Å²) in [4.78, 5) is 32.6. The molecule has 1 aliphatic rings. The van der Waals surface area contributed by atoms with E-state index < -0.39 is 0 Å². The van der Waals surface area contributed by atoms with Crippen molar-refractivity contribution < 1.29 is 4.79 Å². The van der Waals surface area contributed by atoms with Gasteiger partial charge in [0.05, 0.1) is 18.3 Å². The Bertz CT molecular complexity index is 1120. The Labute approximate surface area is 162 Å². The first kappa shape index (κ1) is 18.1. The fourth-order valence-electron chi connectivity index (χ4n) is 3.98. The lowest BCUT2D eigenvalue weighted by Crippen LogP contribution is -2.25. The van der Waals surface area contributed by atoms with E-state index >= 15 is 0 Å². The van der Waals surface area contributed by atoms with Gasteiger partial charge in [-0.05, 0) is 74.3 Å². The van der Waals surface area contributed by atoms with Crippen LogP contribution in [0.1, 0.15) is 50.8 Å². The summed E-state index contributed by atoms with van der Waals surface area (Å²) in [7, 11) is 0. The Kier molecular flexibility index (Phi) is 4.50. The Hall–Kier alpha value is -2.27. The second-order valence-corrected chi connectivity index (χ2v) is 8.97. The van der Waals surface area contributed by atoms with Crippen LogP contribution >= 0.6 is 11.3 Å². The molecule has 0 radical (unpaired) electrons. The van der Waals surface area contributed by atoms with E-state index in [-0.39, 0.29) is 17.9 Å². The van der Waals surface area contributed by atoms with Gasteiger partial charge in [0.25, 0.3) is 5.56 Å². The molecule has 4 rings (SSSR count). The first-order valence-electron chi connectivity index (χ1n) is 9.46. The minimum absolute atomic E-state index is 0.0339. The van der Waals surface area contributed by atoms with E-state index in [4.69, 9.17) is 0 Å². The number of nitrogens with zero attached hydrogens (tertiary/aromatic N) is 2. The SMILES string of the molecule is Cc1cc(C)c(C(=O)Cn2cnc3sc4c(c3c2=O)CCC(C)C4)cc1C. The summed E-state index contributed by atoms with van der Waals surface area (Å²) >= 11 is 1.64. The maximum absolute atomic E-state index is 13.1. The molecule has 140 valence electrons. The second-order valence-electron chi connectivity index (χ2n) is 7.88. The number of aromatic nitrogens is 2. The van der Waals surface area contributed by atoms with Crippen molar-refractivity contribution in [3.63, 3.8) is 0 Å². The third-order valence-electron chi connectivity index (χ3n) is 5.74. The Morgan fingerprint density at radius 1 is 1.22 bits per heavy atom. The molecule has 0 amide bonds. The molecule has 0 saturated heterocycles. The molecule has 0 fully saturated rings. The number of fused-ring (bicyclic) bond motifs is 3. The lowest BCUT2D eigenvalue weighted by molar-refractivity contribution is 0.0970. The zero-order chi connectivity index (χ0) is 19.3. The predicted molar refractivity (Wildman–Crippen MR) is 110 cm³/mol. The summed E-state index contributed by atoms with van der Waals surface area (Å²) in [5.41, 5.74) is 4.98. The predicted octanol–water partition coefficient (Wildman–Crippen LogP) is 4.39. The summed E-state index contributed by atoms with van der Waals surface area (Å²) < 4.78 is 1.48. The molecule has 1 aliphatic carbocycles.